The number of aryl methyl sites for hydroxylation is 1. The molecule has 0 aliphatic heterocycles. The van der Waals surface area contributed by atoms with Gasteiger partial charge in [0.05, 0.1) is 0 Å². The van der Waals surface area contributed by atoms with E-state index in [-0.39, 0.29) is 29.4 Å². The fraction of sp³-hybridized carbons (Fsp3) is 0.391. The van der Waals surface area contributed by atoms with Crippen LogP contribution < -0.4 is 10.6 Å². The van der Waals surface area contributed by atoms with E-state index in [0.29, 0.717) is 30.4 Å². The Hall–Kier alpha value is -2.49. The minimum absolute atomic E-state index is 0. The van der Waals surface area contributed by atoms with Crippen LogP contribution >= 0.6 is 24.0 Å². The van der Waals surface area contributed by atoms with Gasteiger partial charge in [0.1, 0.15) is 5.69 Å². The zero-order chi connectivity index (χ0) is 21.4. The van der Waals surface area contributed by atoms with Gasteiger partial charge in [-0.25, -0.2) is 0 Å². The molecule has 3 aromatic rings. The van der Waals surface area contributed by atoms with Crippen LogP contribution in [-0.2, 0) is 18.3 Å². The Kier molecular flexibility index (Phi) is 9.42. The summed E-state index contributed by atoms with van der Waals surface area (Å²) in [7, 11) is 1.77. The van der Waals surface area contributed by atoms with Crippen LogP contribution in [0.2, 0.25) is 0 Å². The number of guanidine groups is 1. The standard InChI is InChI=1S/C23H30N6O.HI/c1-5-17-9-11-18(12-10-17)23(2,3)16-27-22(24-4)26-15-13-20-28-21(30-29-20)19-8-6-7-14-25-19;/h6-12,14H,5,13,15-16H2,1-4H3,(H2,24,26,27);1H. The number of rotatable bonds is 8. The first-order valence-electron chi connectivity index (χ1n) is 10.3. The van der Waals surface area contributed by atoms with Gasteiger partial charge in [0.2, 0.25) is 0 Å². The van der Waals surface area contributed by atoms with Crippen molar-refractivity contribution in [2.45, 2.75) is 39.0 Å². The highest BCUT2D eigenvalue weighted by Gasteiger charge is 2.21. The van der Waals surface area contributed by atoms with Crippen molar-refractivity contribution < 1.29 is 4.52 Å². The lowest BCUT2D eigenvalue weighted by Gasteiger charge is -2.27. The second-order valence-corrected chi connectivity index (χ2v) is 7.77. The second-order valence-electron chi connectivity index (χ2n) is 7.77. The molecule has 166 valence electrons. The number of pyridine rings is 1. The van der Waals surface area contributed by atoms with Crippen LogP contribution in [0.15, 0.2) is 58.2 Å². The molecule has 0 unspecified atom stereocenters. The Labute approximate surface area is 201 Å². The molecule has 0 saturated heterocycles. The molecular weight excluding hydrogens is 503 g/mol. The molecule has 2 N–H and O–H groups in total. The average molecular weight is 534 g/mol. The van der Waals surface area contributed by atoms with E-state index in [1.165, 1.54) is 11.1 Å². The molecule has 0 atom stereocenters. The van der Waals surface area contributed by atoms with Gasteiger partial charge in [-0.1, -0.05) is 56.3 Å². The molecule has 3 rings (SSSR count). The number of aliphatic imine (C=N–C) groups is 1. The summed E-state index contributed by atoms with van der Waals surface area (Å²) in [6.07, 6.45) is 3.38. The van der Waals surface area contributed by atoms with Gasteiger partial charge in [-0.3, -0.25) is 9.98 Å². The summed E-state index contributed by atoms with van der Waals surface area (Å²) in [6.45, 7) is 8.04. The van der Waals surface area contributed by atoms with E-state index in [9.17, 15) is 0 Å². The number of halogens is 1. The molecule has 0 radical (unpaired) electrons. The van der Waals surface area contributed by atoms with Gasteiger partial charge in [0.25, 0.3) is 5.89 Å². The Morgan fingerprint density at radius 3 is 2.52 bits per heavy atom. The van der Waals surface area contributed by atoms with Crippen LogP contribution in [0.1, 0.15) is 37.7 Å². The molecule has 7 nitrogen and oxygen atoms in total. The Bertz CT molecular complexity index is 954. The maximum Gasteiger partial charge on any atom is 0.276 e. The number of aromatic nitrogens is 3. The lowest BCUT2D eigenvalue weighted by molar-refractivity contribution is 0.421. The van der Waals surface area contributed by atoms with Gasteiger partial charge in [0, 0.05) is 38.2 Å². The first-order valence-corrected chi connectivity index (χ1v) is 10.3. The molecule has 0 saturated carbocycles. The van der Waals surface area contributed by atoms with Crippen LogP contribution in [0.4, 0.5) is 0 Å². The maximum absolute atomic E-state index is 5.29. The molecule has 31 heavy (non-hydrogen) atoms. The quantitative estimate of drug-likeness (QED) is 0.258. The van der Waals surface area contributed by atoms with Gasteiger partial charge in [-0.2, -0.15) is 4.98 Å². The third-order valence-electron chi connectivity index (χ3n) is 5.06. The van der Waals surface area contributed by atoms with Crippen LogP contribution in [-0.4, -0.2) is 41.2 Å². The van der Waals surface area contributed by atoms with Crippen molar-refractivity contribution in [3.05, 3.63) is 65.6 Å². The summed E-state index contributed by atoms with van der Waals surface area (Å²) in [5.41, 5.74) is 3.31. The molecule has 0 fully saturated rings. The summed E-state index contributed by atoms with van der Waals surface area (Å²) < 4.78 is 5.29. The maximum atomic E-state index is 5.29. The van der Waals surface area contributed by atoms with E-state index in [1.807, 2.05) is 18.2 Å². The number of nitrogens with zero attached hydrogens (tertiary/aromatic N) is 4. The van der Waals surface area contributed by atoms with Gasteiger partial charge in [0.15, 0.2) is 11.8 Å². The van der Waals surface area contributed by atoms with E-state index in [4.69, 9.17) is 4.52 Å². The molecule has 1 aromatic carbocycles. The molecular formula is C23H31IN6O. The van der Waals surface area contributed by atoms with E-state index in [2.05, 4.69) is 75.8 Å². The molecule has 2 aromatic heterocycles. The monoisotopic (exact) mass is 534 g/mol. The lowest BCUT2D eigenvalue weighted by atomic mass is 9.84. The Morgan fingerprint density at radius 1 is 1.10 bits per heavy atom. The van der Waals surface area contributed by atoms with Crippen molar-refractivity contribution >= 4 is 29.9 Å². The van der Waals surface area contributed by atoms with Gasteiger partial charge in [-0.15, -0.1) is 24.0 Å². The molecule has 0 aliphatic carbocycles. The van der Waals surface area contributed by atoms with Crippen LogP contribution in [0, 0.1) is 0 Å². The SMILES string of the molecule is CCc1ccc(C(C)(C)CNC(=NC)NCCc2noc(-c3ccccn3)n2)cc1.I. The molecule has 2 heterocycles. The number of benzene rings is 1. The van der Waals surface area contributed by atoms with Crippen molar-refractivity contribution in [3.63, 3.8) is 0 Å². The highest BCUT2D eigenvalue weighted by Crippen LogP contribution is 2.22. The topological polar surface area (TPSA) is 88.2 Å². The fourth-order valence-electron chi connectivity index (χ4n) is 3.06. The largest absolute Gasteiger partial charge is 0.356 e. The third kappa shape index (κ3) is 7.02. The summed E-state index contributed by atoms with van der Waals surface area (Å²) in [5, 5.41) is 10.8. The summed E-state index contributed by atoms with van der Waals surface area (Å²) in [5.74, 6) is 1.82. The molecule has 0 aliphatic rings. The summed E-state index contributed by atoms with van der Waals surface area (Å²) in [6, 6.07) is 14.4. The molecule has 8 heteroatoms. The molecule has 0 bridgehead atoms. The predicted molar refractivity (Wildman–Crippen MR) is 135 cm³/mol. The van der Waals surface area contributed by atoms with Crippen molar-refractivity contribution in [2.75, 3.05) is 20.1 Å². The average Bonchev–Trinajstić information content (AvgIpc) is 3.25. The fourth-order valence-corrected chi connectivity index (χ4v) is 3.06. The Morgan fingerprint density at radius 2 is 1.87 bits per heavy atom. The van der Waals surface area contributed by atoms with E-state index in [0.717, 1.165) is 18.9 Å². The number of hydrogen-bond donors (Lipinski definition) is 2. The third-order valence-corrected chi connectivity index (χ3v) is 5.06. The molecule has 0 spiro atoms. The Balaban J connectivity index is 0.00000341. The minimum atomic E-state index is -0.0187. The van der Waals surface area contributed by atoms with Gasteiger partial charge >= 0.3 is 0 Å². The first kappa shape index (κ1) is 24.8. The first-order chi connectivity index (χ1) is 14.5. The lowest BCUT2D eigenvalue weighted by Crippen LogP contribution is -2.44. The zero-order valence-electron chi connectivity index (χ0n) is 18.6. The smallest absolute Gasteiger partial charge is 0.276 e. The number of hydrogen-bond acceptors (Lipinski definition) is 5. The van der Waals surface area contributed by atoms with E-state index >= 15 is 0 Å². The summed E-state index contributed by atoms with van der Waals surface area (Å²) in [4.78, 5) is 12.9. The van der Waals surface area contributed by atoms with Crippen LogP contribution in [0.5, 0.6) is 0 Å². The van der Waals surface area contributed by atoms with Crippen molar-refractivity contribution in [1.82, 2.24) is 25.8 Å². The van der Waals surface area contributed by atoms with Gasteiger partial charge in [-0.05, 0) is 29.7 Å². The predicted octanol–water partition coefficient (Wildman–Crippen LogP) is 4.00. The van der Waals surface area contributed by atoms with E-state index in [1.54, 1.807) is 13.2 Å². The van der Waals surface area contributed by atoms with Crippen molar-refractivity contribution in [3.8, 4) is 11.6 Å². The molecule has 0 amide bonds. The van der Waals surface area contributed by atoms with Crippen molar-refractivity contribution in [1.29, 1.82) is 0 Å². The number of nitrogens with one attached hydrogen (secondary N) is 2. The highest BCUT2D eigenvalue weighted by molar-refractivity contribution is 14.0. The van der Waals surface area contributed by atoms with Crippen LogP contribution in [0.25, 0.3) is 11.6 Å². The summed E-state index contributed by atoms with van der Waals surface area (Å²) >= 11 is 0. The van der Waals surface area contributed by atoms with Crippen molar-refractivity contribution in [2.24, 2.45) is 4.99 Å². The van der Waals surface area contributed by atoms with E-state index < -0.39 is 0 Å². The minimum Gasteiger partial charge on any atom is -0.356 e. The van der Waals surface area contributed by atoms with Crippen LogP contribution in [0.3, 0.4) is 0 Å². The van der Waals surface area contributed by atoms with Gasteiger partial charge < -0.3 is 15.2 Å². The second kappa shape index (κ2) is 11.8. The normalized spacial score (nSPS) is 11.7. The zero-order valence-corrected chi connectivity index (χ0v) is 20.9. The highest BCUT2D eigenvalue weighted by atomic mass is 127.